The van der Waals surface area contributed by atoms with E-state index in [0.717, 1.165) is 18.4 Å². The summed E-state index contributed by atoms with van der Waals surface area (Å²) in [5.74, 6) is 2.31. The maximum atomic E-state index is 6.10. The molecule has 2 rings (SSSR count). The van der Waals surface area contributed by atoms with Crippen LogP contribution in [0.3, 0.4) is 0 Å². The van der Waals surface area contributed by atoms with Crippen molar-refractivity contribution in [1.29, 1.82) is 0 Å². The largest absolute Gasteiger partial charge is 0.486 e. The second kappa shape index (κ2) is 6.83. The summed E-state index contributed by atoms with van der Waals surface area (Å²) < 4.78 is 5.75. The van der Waals surface area contributed by atoms with Crippen molar-refractivity contribution in [1.82, 2.24) is 0 Å². The monoisotopic (exact) mass is 302 g/mol. The normalized spacial score (nSPS) is 27.3. The van der Waals surface area contributed by atoms with Crippen LogP contribution in [0.2, 0.25) is 10.0 Å². The molecule has 0 aromatic heterocycles. The Bertz CT molecular complexity index is 415. The number of likely N-dealkylation sites (tertiary alicyclic amines) is 1. The molecule has 1 aliphatic heterocycles. The molecule has 0 aliphatic carbocycles. The van der Waals surface area contributed by atoms with E-state index in [1.54, 1.807) is 11.0 Å². The minimum Gasteiger partial charge on any atom is -0.486 e. The van der Waals surface area contributed by atoms with E-state index in [9.17, 15) is 0 Å². The Kier molecular flexibility index (Phi) is 5.37. The lowest BCUT2D eigenvalue weighted by atomic mass is 9.92. The van der Waals surface area contributed by atoms with Gasteiger partial charge in [-0.2, -0.15) is 0 Å². The number of quaternary nitrogens is 1. The predicted octanol–water partition coefficient (Wildman–Crippen LogP) is 2.93. The highest BCUT2D eigenvalue weighted by molar-refractivity contribution is 6.42. The molecule has 1 aromatic rings. The average Bonchev–Trinajstić information content (AvgIpc) is 2.33. The summed E-state index contributed by atoms with van der Waals surface area (Å²) in [6.45, 7) is 8.88. The predicted molar refractivity (Wildman–Crippen MR) is 80.5 cm³/mol. The standard InChI is InChI=1S/C15H21Cl2NO/c1-11-8-12(2)10-18(9-11)6-7-19-14-5-3-4-13(16)15(14)17/h3-5,11-12H,6-10H2,1-2H3/p+1/t11-,12-/m0/s1. The lowest BCUT2D eigenvalue weighted by Crippen LogP contribution is -3.14. The molecule has 0 saturated carbocycles. The van der Waals surface area contributed by atoms with Gasteiger partial charge in [-0.25, -0.2) is 0 Å². The Balaban J connectivity index is 1.81. The van der Waals surface area contributed by atoms with E-state index in [-0.39, 0.29) is 0 Å². The number of hydrogen-bond donors (Lipinski definition) is 1. The Morgan fingerprint density at radius 2 is 1.89 bits per heavy atom. The summed E-state index contributed by atoms with van der Waals surface area (Å²) >= 11 is 12.1. The van der Waals surface area contributed by atoms with Gasteiger partial charge in [-0.15, -0.1) is 0 Å². The molecule has 19 heavy (non-hydrogen) atoms. The van der Waals surface area contributed by atoms with Gasteiger partial charge in [0.25, 0.3) is 0 Å². The highest BCUT2D eigenvalue weighted by Gasteiger charge is 2.24. The lowest BCUT2D eigenvalue weighted by molar-refractivity contribution is -0.912. The van der Waals surface area contributed by atoms with E-state index in [1.165, 1.54) is 19.5 Å². The van der Waals surface area contributed by atoms with E-state index >= 15 is 0 Å². The zero-order chi connectivity index (χ0) is 13.8. The third-order valence-corrected chi connectivity index (χ3v) is 4.51. The van der Waals surface area contributed by atoms with Crippen LogP contribution in [-0.4, -0.2) is 26.2 Å². The van der Waals surface area contributed by atoms with Gasteiger partial charge in [0.15, 0.2) is 0 Å². The van der Waals surface area contributed by atoms with Gasteiger partial charge in [-0.3, -0.25) is 0 Å². The van der Waals surface area contributed by atoms with Crippen molar-refractivity contribution in [2.75, 3.05) is 26.2 Å². The number of benzene rings is 1. The Morgan fingerprint density at radius 1 is 1.21 bits per heavy atom. The molecule has 1 saturated heterocycles. The summed E-state index contributed by atoms with van der Waals surface area (Å²) in [6.07, 6.45) is 1.35. The zero-order valence-electron chi connectivity index (χ0n) is 11.6. The first-order valence-corrected chi connectivity index (χ1v) is 7.72. The topological polar surface area (TPSA) is 13.7 Å². The number of hydrogen-bond acceptors (Lipinski definition) is 1. The second-order valence-corrected chi connectivity index (χ2v) is 6.54. The Labute approximate surface area is 125 Å². The van der Waals surface area contributed by atoms with E-state index in [4.69, 9.17) is 27.9 Å². The smallest absolute Gasteiger partial charge is 0.139 e. The molecular weight excluding hydrogens is 281 g/mol. The summed E-state index contributed by atoms with van der Waals surface area (Å²) in [6, 6.07) is 5.50. The van der Waals surface area contributed by atoms with Gasteiger partial charge in [-0.1, -0.05) is 43.1 Å². The van der Waals surface area contributed by atoms with E-state index in [0.29, 0.717) is 22.4 Å². The second-order valence-electron chi connectivity index (χ2n) is 5.75. The van der Waals surface area contributed by atoms with Crippen molar-refractivity contribution in [2.45, 2.75) is 20.3 Å². The number of nitrogens with one attached hydrogen (secondary N) is 1. The van der Waals surface area contributed by atoms with Crippen molar-refractivity contribution in [2.24, 2.45) is 11.8 Å². The van der Waals surface area contributed by atoms with Gasteiger partial charge in [0.2, 0.25) is 0 Å². The summed E-state index contributed by atoms with van der Waals surface area (Å²) in [5.41, 5.74) is 0. The number of piperidine rings is 1. The Hall–Kier alpha value is -0.440. The molecule has 0 radical (unpaired) electrons. The lowest BCUT2D eigenvalue weighted by Gasteiger charge is -2.31. The van der Waals surface area contributed by atoms with Crippen molar-refractivity contribution in [3.05, 3.63) is 28.2 Å². The van der Waals surface area contributed by atoms with Crippen LogP contribution >= 0.6 is 23.2 Å². The fourth-order valence-electron chi connectivity index (χ4n) is 3.03. The van der Waals surface area contributed by atoms with Gasteiger partial charge in [0.05, 0.1) is 18.1 Å². The van der Waals surface area contributed by atoms with Gasteiger partial charge in [0.1, 0.15) is 23.9 Å². The van der Waals surface area contributed by atoms with Crippen molar-refractivity contribution in [3.63, 3.8) is 0 Å². The molecule has 0 spiro atoms. The van der Waals surface area contributed by atoms with Crippen molar-refractivity contribution >= 4 is 23.2 Å². The summed E-state index contributed by atoms with van der Waals surface area (Å²) in [7, 11) is 0. The maximum absolute atomic E-state index is 6.10. The van der Waals surface area contributed by atoms with Gasteiger partial charge in [-0.05, 0) is 18.6 Å². The number of ether oxygens (including phenoxy) is 1. The van der Waals surface area contributed by atoms with Gasteiger partial charge in [0, 0.05) is 11.8 Å². The Morgan fingerprint density at radius 3 is 2.58 bits per heavy atom. The number of rotatable bonds is 4. The van der Waals surface area contributed by atoms with E-state index in [2.05, 4.69) is 13.8 Å². The van der Waals surface area contributed by atoms with Crippen molar-refractivity contribution in [3.8, 4) is 5.75 Å². The molecule has 1 N–H and O–H groups in total. The molecule has 0 bridgehead atoms. The van der Waals surface area contributed by atoms with E-state index in [1.807, 2.05) is 12.1 Å². The SMILES string of the molecule is C[C@H]1C[C@H](C)C[NH+](CCOc2cccc(Cl)c2Cl)C1. The zero-order valence-corrected chi connectivity index (χ0v) is 13.1. The van der Waals surface area contributed by atoms with Crippen LogP contribution in [0.4, 0.5) is 0 Å². The van der Waals surface area contributed by atoms with Gasteiger partial charge < -0.3 is 9.64 Å². The summed E-state index contributed by atoms with van der Waals surface area (Å²) in [4.78, 5) is 1.63. The van der Waals surface area contributed by atoms with Crippen LogP contribution in [0.1, 0.15) is 20.3 Å². The highest BCUT2D eigenvalue weighted by atomic mass is 35.5. The molecule has 1 heterocycles. The number of halogens is 2. The van der Waals surface area contributed by atoms with Crippen LogP contribution in [0.5, 0.6) is 5.75 Å². The fraction of sp³-hybridized carbons (Fsp3) is 0.600. The highest BCUT2D eigenvalue weighted by Crippen LogP contribution is 2.31. The first-order chi connectivity index (χ1) is 9.06. The van der Waals surface area contributed by atoms with Crippen molar-refractivity contribution < 1.29 is 9.64 Å². The van der Waals surface area contributed by atoms with Crippen LogP contribution in [-0.2, 0) is 0 Å². The summed E-state index contributed by atoms with van der Waals surface area (Å²) in [5, 5.41) is 1.06. The maximum Gasteiger partial charge on any atom is 0.139 e. The molecule has 4 heteroatoms. The van der Waals surface area contributed by atoms with Gasteiger partial charge >= 0.3 is 0 Å². The minimum absolute atomic E-state index is 0.513. The molecule has 0 unspecified atom stereocenters. The van der Waals surface area contributed by atoms with Crippen LogP contribution in [0.25, 0.3) is 0 Å². The molecule has 2 nitrogen and oxygen atoms in total. The first kappa shape index (κ1) is 15.0. The minimum atomic E-state index is 0.513. The third kappa shape index (κ3) is 4.27. The molecule has 1 aliphatic rings. The fourth-order valence-corrected chi connectivity index (χ4v) is 3.37. The molecule has 1 aromatic carbocycles. The molecule has 106 valence electrons. The third-order valence-electron chi connectivity index (χ3n) is 3.71. The quantitative estimate of drug-likeness (QED) is 0.903. The van der Waals surface area contributed by atoms with Crippen LogP contribution < -0.4 is 9.64 Å². The van der Waals surface area contributed by atoms with E-state index < -0.39 is 0 Å². The average molecular weight is 303 g/mol. The molecular formula is C15H22Cl2NO+. The van der Waals surface area contributed by atoms with Crippen LogP contribution in [0, 0.1) is 11.8 Å². The first-order valence-electron chi connectivity index (χ1n) is 6.96. The molecule has 2 atom stereocenters. The van der Waals surface area contributed by atoms with Crippen LogP contribution in [0.15, 0.2) is 18.2 Å². The molecule has 0 amide bonds. The molecule has 1 fully saturated rings.